The predicted molar refractivity (Wildman–Crippen MR) is 85.1 cm³/mol. The van der Waals surface area contributed by atoms with E-state index in [1.807, 2.05) is 0 Å². The van der Waals surface area contributed by atoms with Gasteiger partial charge in [0.15, 0.2) is 5.16 Å². The van der Waals surface area contributed by atoms with Crippen LogP contribution in [0.1, 0.15) is 5.56 Å². The Labute approximate surface area is 142 Å². The van der Waals surface area contributed by atoms with E-state index < -0.39 is 28.2 Å². The minimum atomic E-state index is -4.63. The van der Waals surface area contributed by atoms with Crippen LogP contribution in [-0.4, -0.2) is 21.6 Å². The zero-order chi connectivity index (χ0) is 17.9. The summed E-state index contributed by atoms with van der Waals surface area (Å²) in [6.45, 7) is 0. The molecule has 1 amide bonds. The highest BCUT2D eigenvalue weighted by Crippen LogP contribution is 2.36. The maximum Gasteiger partial charge on any atom is 0.417 e. The van der Waals surface area contributed by atoms with Crippen molar-refractivity contribution in [3.8, 4) is 0 Å². The molecule has 0 saturated heterocycles. The molecule has 1 aromatic heterocycles. The first-order chi connectivity index (χ1) is 11.1. The lowest BCUT2D eigenvalue weighted by atomic mass is 10.2. The average Bonchev–Trinajstić information content (AvgIpc) is 2.45. The zero-order valence-electron chi connectivity index (χ0n) is 11.8. The first-order valence-electron chi connectivity index (χ1n) is 6.31. The molecule has 2 aromatic rings. The van der Waals surface area contributed by atoms with Crippen molar-refractivity contribution in [2.75, 3.05) is 16.8 Å². The molecule has 0 unspecified atom stereocenters. The molecule has 0 bridgehead atoms. The number of nitrogens with one attached hydrogen (secondary N) is 2. The molecule has 11 heteroatoms. The molecule has 1 heterocycles. The van der Waals surface area contributed by atoms with Gasteiger partial charge in [-0.15, -0.1) is 0 Å². The van der Waals surface area contributed by atoms with Crippen molar-refractivity contribution in [1.29, 1.82) is 0 Å². The highest BCUT2D eigenvalue weighted by molar-refractivity contribution is 7.99. The first-order valence-corrected chi connectivity index (χ1v) is 7.68. The van der Waals surface area contributed by atoms with Crippen LogP contribution in [-0.2, 0) is 11.0 Å². The summed E-state index contributed by atoms with van der Waals surface area (Å²) in [4.78, 5) is 29.2. The van der Waals surface area contributed by atoms with Crippen LogP contribution in [0.3, 0.4) is 0 Å². The molecule has 24 heavy (non-hydrogen) atoms. The van der Waals surface area contributed by atoms with Gasteiger partial charge in [0.2, 0.25) is 5.91 Å². The standard InChI is InChI=1S/C13H10ClF3N4O2S/c14-8-2-1-6(3-7(8)13(15,16)17)19-11(23)5-24-12-20-9(18)4-10(22)21-12/h1-4H,5H2,(H,19,23)(H3,18,20,21,22). The van der Waals surface area contributed by atoms with Crippen LogP contribution >= 0.6 is 23.4 Å². The second-order valence-electron chi connectivity index (χ2n) is 4.50. The van der Waals surface area contributed by atoms with Gasteiger partial charge in [0.05, 0.1) is 16.3 Å². The molecule has 0 aliphatic heterocycles. The Morgan fingerprint density at radius 1 is 1.38 bits per heavy atom. The van der Waals surface area contributed by atoms with Crippen molar-refractivity contribution in [2.45, 2.75) is 11.3 Å². The molecule has 0 aliphatic carbocycles. The van der Waals surface area contributed by atoms with Gasteiger partial charge in [0.1, 0.15) is 5.82 Å². The maximum absolute atomic E-state index is 12.8. The van der Waals surface area contributed by atoms with Gasteiger partial charge in [0, 0.05) is 11.8 Å². The quantitative estimate of drug-likeness (QED) is 0.561. The van der Waals surface area contributed by atoms with Gasteiger partial charge in [-0.25, -0.2) is 4.98 Å². The number of rotatable bonds is 4. The van der Waals surface area contributed by atoms with E-state index in [0.717, 1.165) is 30.0 Å². The molecular weight excluding hydrogens is 369 g/mol. The minimum absolute atomic E-state index is 0.00539. The number of alkyl halides is 3. The van der Waals surface area contributed by atoms with E-state index in [9.17, 15) is 22.8 Å². The largest absolute Gasteiger partial charge is 0.417 e. The fourth-order valence-corrected chi connectivity index (χ4v) is 2.58. The summed E-state index contributed by atoms with van der Waals surface area (Å²) in [5, 5.41) is 1.98. The molecule has 4 N–H and O–H groups in total. The second kappa shape index (κ2) is 7.14. The summed E-state index contributed by atoms with van der Waals surface area (Å²) in [5.74, 6) is -0.772. The number of thioether (sulfide) groups is 1. The number of hydrogen-bond acceptors (Lipinski definition) is 5. The molecule has 0 fully saturated rings. The Hall–Kier alpha value is -2.20. The topological polar surface area (TPSA) is 101 Å². The SMILES string of the molecule is Nc1cc(=O)[nH]c(SCC(=O)Nc2ccc(Cl)c(C(F)(F)F)c2)n1. The van der Waals surface area contributed by atoms with Gasteiger partial charge in [0.25, 0.3) is 5.56 Å². The third-order valence-electron chi connectivity index (χ3n) is 2.64. The number of anilines is 2. The van der Waals surface area contributed by atoms with Crippen LogP contribution in [0.2, 0.25) is 5.02 Å². The number of aromatic amines is 1. The summed E-state index contributed by atoms with van der Waals surface area (Å²) >= 11 is 6.38. The van der Waals surface area contributed by atoms with Gasteiger partial charge >= 0.3 is 6.18 Å². The summed E-state index contributed by atoms with van der Waals surface area (Å²) < 4.78 is 38.3. The molecule has 1 aromatic carbocycles. The number of H-pyrrole nitrogens is 1. The normalized spacial score (nSPS) is 11.3. The molecule has 0 aliphatic rings. The Morgan fingerprint density at radius 2 is 2.08 bits per heavy atom. The Bertz CT molecular complexity index is 826. The maximum atomic E-state index is 12.8. The number of carbonyl (C=O) groups is 1. The Balaban J connectivity index is 2.03. The molecule has 128 valence electrons. The van der Waals surface area contributed by atoms with Gasteiger partial charge in [-0.3, -0.25) is 9.59 Å². The lowest BCUT2D eigenvalue weighted by Gasteiger charge is -2.11. The summed E-state index contributed by atoms with van der Waals surface area (Å²) in [5.41, 5.74) is 3.83. The molecule has 2 rings (SSSR count). The third-order valence-corrected chi connectivity index (χ3v) is 3.84. The van der Waals surface area contributed by atoms with Crippen LogP contribution in [0, 0.1) is 0 Å². The van der Waals surface area contributed by atoms with E-state index in [-0.39, 0.29) is 22.4 Å². The van der Waals surface area contributed by atoms with Crippen molar-refractivity contribution in [1.82, 2.24) is 9.97 Å². The third kappa shape index (κ3) is 4.90. The number of halogens is 4. The number of aromatic nitrogens is 2. The fourth-order valence-electron chi connectivity index (χ4n) is 1.67. The van der Waals surface area contributed by atoms with Crippen molar-refractivity contribution in [3.05, 3.63) is 45.2 Å². The first kappa shape index (κ1) is 18.1. The number of benzene rings is 1. The second-order valence-corrected chi connectivity index (χ2v) is 5.88. The fraction of sp³-hybridized carbons (Fsp3) is 0.154. The predicted octanol–water partition coefficient (Wildman–Crippen LogP) is 2.76. The number of nitrogen functional groups attached to an aromatic ring is 1. The van der Waals surface area contributed by atoms with Crippen LogP contribution < -0.4 is 16.6 Å². The number of nitrogens with zero attached hydrogens (tertiary/aromatic N) is 1. The van der Waals surface area contributed by atoms with Gasteiger partial charge in [-0.2, -0.15) is 13.2 Å². The van der Waals surface area contributed by atoms with Crippen molar-refractivity contribution >= 4 is 40.8 Å². The van der Waals surface area contributed by atoms with E-state index in [1.54, 1.807) is 0 Å². The minimum Gasteiger partial charge on any atom is -0.383 e. The van der Waals surface area contributed by atoms with E-state index in [1.165, 1.54) is 6.07 Å². The molecule has 0 spiro atoms. The summed E-state index contributed by atoms with van der Waals surface area (Å²) in [7, 11) is 0. The van der Waals surface area contributed by atoms with Gasteiger partial charge < -0.3 is 16.0 Å². The summed E-state index contributed by atoms with van der Waals surface area (Å²) in [6.07, 6.45) is -4.63. The van der Waals surface area contributed by atoms with E-state index in [0.29, 0.717) is 0 Å². The lowest BCUT2D eigenvalue weighted by Crippen LogP contribution is -2.16. The van der Waals surface area contributed by atoms with Crippen molar-refractivity contribution < 1.29 is 18.0 Å². The molecule has 0 saturated carbocycles. The van der Waals surface area contributed by atoms with E-state index in [4.69, 9.17) is 17.3 Å². The number of nitrogens with two attached hydrogens (primary N) is 1. The van der Waals surface area contributed by atoms with Crippen molar-refractivity contribution in [2.24, 2.45) is 0 Å². The highest BCUT2D eigenvalue weighted by atomic mass is 35.5. The number of hydrogen-bond donors (Lipinski definition) is 3. The molecule has 6 nitrogen and oxygen atoms in total. The van der Waals surface area contributed by atoms with E-state index >= 15 is 0 Å². The van der Waals surface area contributed by atoms with Crippen LogP contribution in [0.5, 0.6) is 0 Å². The van der Waals surface area contributed by atoms with Crippen LogP contribution in [0.4, 0.5) is 24.7 Å². The lowest BCUT2D eigenvalue weighted by molar-refractivity contribution is -0.137. The van der Waals surface area contributed by atoms with Crippen molar-refractivity contribution in [3.63, 3.8) is 0 Å². The summed E-state index contributed by atoms with van der Waals surface area (Å²) in [6, 6.07) is 4.12. The Kier molecular flexibility index (Phi) is 5.40. The zero-order valence-corrected chi connectivity index (χ0v) is 13.4. The monoisotopic (exact) mass is 378 g/mol. The van der Waals surface area contributed by atoms with Gasteiger partial charge in [-0.05, 0) is 18.2 Å². The number of carbonyl (C=O) groups excluding carboxylic acids is 1. The van der Waals surface area contributed by atoms with Crippen LogP contribution in [0.25, 0.3) is 0 Å². The number of amides is 1. The van der Waals surface area contributed by atoms with Gasteiger partial charge in [-0.1, -0.05) is 23.4 Å². The molecule has 0 radical (unpaired) electrons. The smallest absolute Gasteiger partial charge is 0.383 e. The Morgan fingerprint density at radius 3 is 2.71 bits per heavy atom. The highest BCUT2D eigenvalue weighted by Gasteiger charge is 2.33. The van der Waals surface area contributed by atoms with Crippen LogP contribution in [0.15, 0.2) is 34.2 Å². The molecular formula is C13H10ClF3N4O2S. The molecule has 0 atom stereocenters. The van der Waals surface area contributed by atoms with E-state index in [2.05, 4.69) is 15.3 Å². The average molecular weight is 379 g/mol.